The molecule has 4 aromatic rings. The van der Waals surface area contributed by atoms with E-state index in [9.17, 15) is 4.79 Å². The van der Waals surface area contributed by atoms with Gasteiger partial charge in [0.15, 0.2) is 0 Å². The van der Waals surface area contributed by atoms with Crippen LogP contribution in [0.3, 0.4) is 0 Å². The predicted octanol–water partition coefficient (Wildman–Crippen LogP) is 5.35. The first-order valence-electron chi connectivity index (χ1n) is 10.4. The Morgan fingerprint density at radius 1 is 1.03 bits per heavy atom. The van der Waals surface area contributed by atoms with Crippen LogP contribution in [0.5, 0.6) is 5.75 Å². The molecule has 30 heavy (non-hydrogen) atoms. The Labute approximate surface area is 176 Å². The van der Waals surface area contributed by atoms with E-state index < -0.39 is 0 Å². The van der Waals surface area contributed by atoms with Crippen LogP contribution in [0.25, 0.3) is 10.9 Å². The Hall–Kier alpha value is -3.53. The fraction of sp³-hybridized carbons (Fsp3) is 0.192. The third-order valence-electron chi connectivity index (χ3n) is 5.80. The Balaban J connectivity index is 1.66. The second kappa shape index (κ2) is 7.71. The number of para-hydroxylation sites is 1. The summed E-state index contributed by atoms with van der Waals surface area (Å²) in [5.41, 5.74) is 5.28. The lowest BCUT2D eigenvalue weighted by Crippen LogP contribution is -2.40. The van der Waals surface area contributed by atoms with Crippen molar-refractivity contribution < 1.29 is 9.53 Å². The molecule has 0 spiro atoms. The minimum atomic E-state index is -0.186. The maximum atomic E-state index is 13.5. The number of hydrogen-bond acceptors (Lipinski definition) is 2. The minimum Gasteiger partial charge on any atom is -0.494 e. The van der Waals surface area contributed by atoms with Crippen molar-refractivity contribution in [2.45, 2.75) is 19.4 Å². The number of aromatic nitrogens is 1. The third kappa shape index (κ3) is 3.14. The zero-order valence-corrected chi connectivity index (χ0v) is 17.0. The molecular weight excluding hydrogens is 372 g/mol. The average molecular weight is 396 g/mol. The summed E-state index contributed by atoms with van der Waals surface area (Å²) in [5, 5.41) is 1.24. The molecule has 0 unspecified atom stereocenters. The van der Waals surface area contributed by atoms with E-state index in [4.69, 9.17) is 4.74 Å². The van der Waals surface area contributed by atoms with Crippen LogP contribution in [0.2, 0.25) is 0 Å². The van der Waals surface area contributed by atoms with E-state index >= 15 is 0 Å². The van der Waals surface area contributed by atoms with Crippen molar-refractivity contribution in [1.29, 1.82) is 0 Å². The van der Waals surface area contributed by atoms with Crippen LogP contribution in [0.4, 0.5) is 0 Å². The number of H-pyrrole nitrogens is 1. The van der Waals surface area contributed by atoms with Gasteiger partial charge in [0.2, 0.25) is 0 Å². The van der Waals surface area contributed by atoms with Crippen molar-refractivity contribution in [3.8, 4) is 5.75 Å². The van der Waals surface area contributed by atoms with E-state index in [-0.39, 0.29) is 11.9 Å². The minimum absolute atomic E-state index is 0.0479. The van der Waals surface area contributed by atoms with Crippen molar-refractivity contribution in [3.05, 3.63) is 101 Å². The third-order valence-corrected chi connectivity index (χ3v) is 5.80. The van der Waals surface area contributed by atoms with Crippen LogP contribution >= 0.6 is 0 Å². The van der Waals surface area contributed by atoms with Crippen LogP contribution < -0.4 is 4.74 Å². The first-order valence-corrected chi connectivity index (χ1v) is 10.4. The van der Waals surface area contributed by atoms with Crippen LogP contribution in [0.1, 0.15) is 40.1 Å². The molecule has 0 radical (unpaired) electrons. The van der Waals surface area contributed by atoms with Gasteiger partial charge in [0.1, 0.15) is 5.75 Å². The Morgan fingerprint density at radius 3 is 2.67 bits per heavy atom. The molecule has 4 heteroatoms. The van der Waals surface area contributed by atoms with Crippen molar-refractivity contribution in [1.82, 2.24) is 9.88 Å². The fourth-order valence-corrected chi connectivity index (χ4v) is 4.49. The summed E-state index contributed by atoms with van der Waals surface area (Å²) in [6.07, 6.45) is 0.833. The fourth-order valence-electron chi connectivity index (χ4n) is 4.49. The maximum Gasteiger partial charge on any atom is 0.254 e. The number of carbonyl (C=O) groups is 1. The van der Waals surface area contributed by atoms with Gasteiger partial charge >= 0.3 is 0 Å². The van der Waals surface area contributed by atoms with E-state index in [0.29, 0.717) is 18.7 Å². The van der Waals surface area contributed by atoms with E-state index in [2.05, 4.69) is 35.3 Å². The Kier molecular flexibility index (Phi) is 4.75. The SMILES string of the molecule is CCOc1cccc([C@@H]2c3[nH]c4ccccc4c3CCN2C(=O)c2ccccc2)c1. The topological polar surface area (TPSA) is 45.3 Å². The van der Waals surface area contributed by atoms with Crippen molar-refractivity contribution >= 4 is 16.8 Å². The number of amides is 1. The predicted molar refractivity (Wildman–Crippen MR) is 119 cm³/mol. The molecule has 150 valence electrons. The summed E-state index contributed by atoms with van der Waals surface area (Å²) in [4.78, 5) is 19.1. The molecule has 1 N–H and O–H groups in total. The second-order valence-electron chi connectivity index (χ2n) is 7.59. The number of nitrogens with one attached hydrogen (secondary N) is 1. The molecule has 0 saturated carbocycles. The van der Waals surface area contributed by atoms with Crippen LogP contribution in [0.15, 0.2) is 78.9 Å². The zero-order chi connectivity index (χ0) is 20.5. The molecule has 1 aliphatic rings. The summed E-state index contributed by atoms with van der Waals surface area (Å²) in [6.45, 7) is 3.26. The lowest BCUT2D eigenvalue weighted by molar-refractivity contribution is 0.0691. The molecule has 1 atom stereocenters. The van der Waals surface area contributed by atoms with Gasteiger partial charge in [0.25, 0.3) is 5.91 Å². The number of hydrogen-bond donors (Lipinski definition) is 1. The molecule has 1 aliphatic heterocycles. The van der Waals surface area contributed by atoms with Gasteiger partial charge in [-0.3, -0.25) is 4.79 Å². The first kappa shape index (κ1) is 18.5. The highest BCUT2D eigenvalue weighted by Gasteiger charge is 2.35. The highest BCUT2D eigenvalue weighted by molar-refractivity contribution is 5.95. The molecule has 5 rings (SSSR count). The molecule has 3 aromatic carbocycles. The summed E-state index contributed by atoms with van der Waals surface area (Å²) >= 11 is 0. The van der Waals surface area contributed by atoms with E-state index in [0.717, 1.165) is 28.9 Å². The molecule has 1 aromatic heterocycles. The molecule has 2 heterocycles. The van der Waals surface area contributed by atoms with Gasteiger partial charge in [-0.25, -0.2) is 0 Å². The quantitative estimate of drug-likeness (QED) is 0.505. The standard InChI is InChI=1S/C26H24N2O2/c1-2-30-20-12-8-11-19(17-20)25-24-22(21-13-6-7-14-23(21)27-24)15-16-28(25)26(29)18-9-4-3-5-10-18/h3-14,17,25,27H,2,15-16H2,1H3/t25-/m1/s1. The summed E-state index contributed by atoms with van der Waals surface area (Å²) < 4.78 is 5.75. The molecule has 0 bridgehead atoms. The van der Waals surface area contributed by atoms with Gasteiger partial charge < -0.3 is 14.6 Å². The van der Waals surface area contributed by atoms with Crippen molar-refractivity contribution in [3.63, 3.8) is 0 Å². The number of ether oxygens (including phenoxy) is 1. The Bertz CT molecular complexity index is 1200. The molecule has 0 aliphatic carbocycles. The van der Waals surface area contributed by atoms with E-state index in [1.807, 2.05) is 60.4 Å². The van der Waals surface area contributed by atoms with Gasteiger partial charge in [0.05, 0.1) is 12.6 Å². The van der Waals surface area contributed by atoms with Gasteiger partial charge in [-0.1, -0.05) is 48.5 Å². The highest BCUT2D eigenvalue weighted by atomic mass is 16.5. The maximum absolute atomic E-state index is 13.5. The smallest absolute Gasteiger partial charge is 0.254 e. The lowest BCUT2D eigenvalue weighted by atomic mass is 9.91. The lowest BCUT2D eigenvalue weighted by Gasteiger charge is -2.36. The monoisotopic (exact) mass is 396 g/mol. The molecule has 4 nitrogen and oxygen atoms in total. The van der Waals surface area contributed by atoms with Crippen molar-refractivity contribution in [2.75, 3.05) is 13.2 Å². The molecule has 0 fully saturated rings. The van der Waals surface area contributed by atoms with Crippen LogP contribution in [-0.2, 0) is 6.42 Å². The van der Waals surface area contributed by atoms with E-state index in [1.165, 1.54) is 10.9 Å². The van der Waals surface area contributed by atoms with Gasteiger partial charge in [0, 0.05) is 28.7 Å². The second-order valence-corrected chi connectivity index (χ2v) is 7.59. The summed E-state index contributed by atoms with van der Waals surface area (Å²) in [7, 11) is 0. The zero-order valence-electron chi connectivity index (χ0n) is 17.0. The first-order chi connectivity index (χ1) is 14.8. The number of carbonyl (C=O) groups excluding carboxylic acids is 1. The normalized spacial score (nSPS) is 15.8. The average Bonchev–Trinajstić information content (AvgIpc) is 3.17. The van der Waals surface area contributed by atoms with Crippen molar-refractivity contribution in [2.24, 2.45) is 0 Å². The molecular formula is C26H24N2O2. The largest absolute Gasteiger partial charge is 0.494 e. The Morgan fingerprint density at radius 2 is 1.83 bits per heavy atom. The van der Waals surface area contributed by atoms with Crippen LogP contribution in [0, 0.1) is 0 Å². The van der Waals surface area contributed by atoms with Gasteiger partial charge in [-0.2, -0.15) is 0 Å². The molecule has 1 amide bonds. The number of nitrogens with zero attached hydrogens (tertiary/aromatic N) is 1. The van der Waals surface area contributed by atoms with Gasteiger partial charge in [-0.15, -0.1) is 0 Å². The number of rotatable bonds is 4. The van der Waals surface area contributed by atoms with Crippen LogP contribution in [-0.4, -0.2) is 28.9 Å². The highest BCUT2D eigenvalue weighted by Crippen LogP contribution is 2.39. The summed E-state index contributed by atoms with van der Waals surface area (Å²) in [6, 6.07) is 25.8. The number of benzene rings is 3. The summed E-state index contributed by atoms with van der Waals surface area (Å²) in [5.74, 6) is 0.872. The molecule has 0 saturated heterocycles. The van der Waals surface area contributed by atoms with E-state index in [1.54, 1.807) is 0 Å². The number of aromatic amines is 1. The number of fused-ring (bicyclic) bond motifs is 3. The van der Waals surface area contributed by atoms with Gasteiger partial charge in [-0.05, 0) is 54.8 Å².